The number of hydrogen-bond donors (Lipinski definition) is 1. The molecule has 0 fully saturated rings. The van der Waals surface area contributed by atoms with E-state index in [9.17, 15) is 4.79 Å². The Labute approximate surface area is 94.8 Å². The molecule has 0 aliphatic rings. The largest absolute Gasteiger partial charge is 0.340 e. The second-order valence-electron chi connectivity index (χ2n) is 3.61. The van der Waals surface area contributed by atoms with Crippen LogP contribution >= 0.6 is 11.6 Å². The molecule has 0 aliphatic heterocycles. The van der Waals surface area contributed by atoms with E-state index < -0.39 is 6.04 Å². The zero-order valence-corrected chi connectivity index (χ0v) is 9.66. The minimum absolute atomic E-state index is 0.0649. The highest BCUT2D eigenvalue weighted by atomic mass is 35.5. The topological polar surface area (TPSA) is 46.3 Å². The molecule has 15 heavy (non-hydrogen) atoms. The third-order valence-corrected chi connectivity index (χ3v) is 2.35. The molecule has 1 amide bonds. The molecule has 1 rings (SSSR count). The van der Waals surface area contributed by atoms with Gasteiger partial charge < -0.3 is 10.6 Å². The fourth-order valence-corrected chi connectivity index (χ4v) is 1.42. The normalized spacial score (nSPS) is 12.3. The van der Waals surface area contributed by atoms with Crippen molar-refractivity contribution in [2.24, 2.45) is 5.73 Å². The van der Waals surface area contributed by atoms with Crippen molar-refractivity contribution in [3.05, 3.63) is 34.9 Å². The second kappa shape index (κ2) is 5.14. The van der Waals surface area contributed by atoms with E-state index in [4.69, 9.17) is 17.3 Å². The Balaban J connectivity index is 2.62. The standard InChI is InChI=1S/C11H15ClN2O/c1-8(13)11(15)14(2)7-9-3-5-10(12)6-4-9/h3-6,8H,7,13H2,1-2H3. The van der Waals surface area contributed by atoms with Crippen LogP contribution in [0, 0.1) is 0 Å². The summed E-state index contributed by atoms with van der Waals surface area (Å²) in [5.74, 6) is -0.0649. The van der Waals surface area contributed by atoms with Crippen molar-refractivity contribution in [1.82, 2.24) is 4.90 Å². The summed E-state index contributed by atoms with van der Waals surface area (Å²) in [5, 5.41) is 0.694. The van der Waals surface area contributed by atoms with Gasteiger partial charge in [0.15, 0.2) is 0 Å². The molecule has 0 aliphatic carbocycles. The van der Waals surface area contributed by atoms with Crippen LogP contribution in [0.1, 0.15) is 12.5 Å². The summed E-state index contributed by atoms with van der Waals surface area (Å²) in [6.07, 6.45) is 0. The van der Waals surface area contributed by atoms with Gasteiger partial charge in [-0.15, -0.1) is 0 Å². The van der Waals surface area contributed by atoms with E-state index >= 15 is 0 Å². The van der Waals surface area contributed by atoms with Gasteiger partial charge in [-0.2, -0.15) is 0 Å². The first kappa shape index (κ1) is 12.0. The Morgan fingerprint density at radius 1 is 1.47 bits per heavy atom. The molecule has 0 radical (unpaired) electrons. The van der Waals surface area contributed by atoms with Crippen molar-refractivity contribution in [3.8, 4) is 0 Å². The van der Waals surface area contributed by atoms with Gasteiger partial charge >= 0.3 is 0 Å². The van der Waals surface area contributed by atoms with Crippen molar-refractivity contribution >= 4 is 17.5 Å². The molecule has 1 unspecified atom stereocenters. The van der Waals surface area contributed by atoms with Crippen LogP contribution in [0.15, 0.2) is 24.3 Å². The Hall–Kier alpha value is -1.06. The zero-order chi connectivity index (χ0) is 11.4. The van der Waals surface area contributed by atoms with Crippen molar-refractivity contribution in [3.63, 3.8) is 0 Å². The van der Waals surface area contributed by atoms with Gasteiger partial charge in [-0.05, 0) is 24.6 Å². The SMILES string of the molecule is CC(N)C(=O)N(C)Cc1ccc(Cl)cc1. The molecule has 1 atom stereocenters. The summed E-state index contributed by atoms with van der Waals surface area (Å²) in [6, 6.07) is 6.95. The van der Waals surface area contributed by atoms with Gasteiger partial charge in [-0.3, -0.25) is 4.79 Å². The highest BCUT2D eigenvalue weighted by Gasteiger charge is 2.13. The van der Waals surface area contributed by atoms with Crippen molar-refractivity contribution in [1.29, 1.82) is 0 Å². The van der Waals surface area contributed by atoms with Crippen molar-refractivity contribution < 1.29 is 4.79 Å². The van der Waals surface area contributed by atoms with Crippen LogP contribution in [0.2, 0.25) is 5.02 Å². The molecule has 4 heteroatoms. The van der Waals surface area contributed by atoms with E-state index in [0.29, 0.717) is 11.6 Å². The van der Waals surface area contributed by atoms with Gasteiger partial charge in [0.1, 0.15) is 0 Å². The summed E-state index contributed by atoms with van der Waals surface area (Å²) in [5.41, 5.74) is 6.54. The number of carbonyl (C=O) groups excluding carboxylic acids is 1. The summed E-state index contributed by atoms with van der Waals surface area (Å²) in [7, 11) is 1.74. The van der Waals surface area contributed by atoms with Crippen LogP contribution in [-0.4, -0.2) is 23.9 Å². The Kier molecular flexibility index (Phi) is 4.12. The smallest absolute Gasteiger partial charge is 0.239 e. The fraction of sp³-hybridized carbons (Fsp3) is 0.364. The van der Waals surface area contributed by atoms with Gasteiger partial charge in [-0.1, -0.05) is 23.7 Å². The second-order valence-corrected chi connectivity index (χ2v) is 4.05. The Morgan fingerprint density at radius 3 is 2.47 bits per heavy atom. The van der Waals surface area contributed by atoms with E-state index in [-0.39, 0.29) is 5.91 Å². The molecule has 3 nitrogen and oxygen atoms in total. The van der Waals surface area contributed by atoms with Crippen molar-refractivity contribution in [2.75, 3.05) is 7.05 Å². The highest BCUT2D eigenvalue weighted by molar-refractivity contribution is 6.30. The summed E-state index contributed by atoms with van der Waals surface area (Å²) < 4.78 is 0. The third kappa shape index (κ3) is 3.53. The minimum atomic E-state index is -0.456. The van der Waals surface area contributed by atoms with Gasteiger partial charge in [0, 0.05) is 18.6 Å². The first-order chi connectivity index (χ1) is 7.00. The number of hydrogen-bond acceptors (Lipinski definition) is 2. The van der Waals surface area contributed by atoms with Crippen LogP contribution in [0.4, 0.5) is 0 Å². The minimum Gasteiger partial charge on any atom is -0.340 e. The van der Waals surface area contributed by atoms with E-state index in [1.165, 1.54) is 0 Å². The number of halogens is 1. The van der Waals surface area contributed by atoms with E-state index in [1.54, 1.807) is 31.0 Å². The molecule has 0 heterocycles. The number of benzene rings is 1. The number of nitrogens with two attached hydrogens (primary N) is 1. The van der Waals surface area contributed by atoms with Crippen LogP contribution in [0.5, 0.6) is 0 Å². The maximum atomic E-state index is 11.5. The molecule has 82 valence electrons. The number of likely N-dealkylation sites (N-methyl/N-ethyl adjacent to an activating group) is 1. The number of rotatable bonds is 3. The van der Waals surface area contributed by atoms with Crippen LogP contribution in [0.3, 0.4) is 0 Å². The van der Waals surface area contributed by atoms with Crippen LogP contribution < -0.4 is 5.73 Å². The number of carbonyl (C=O) groups is 1. The molecule has 0 bridgehead atoms. The maximum Gasteiger partial charge on any atom is 0.239 e. The summed E-state index contributed by atoms with van der Waals surface area (Å²) >= 11 is 5.76. The molecule has 0 saturated carbocycles. The van der Waals surface area contributed by atoms with Crippen LogP contribution in [0.25, 0.3) is 0 Å². The Bertz CT molecular complexity index is 335. The van der Waals surface area contributed by atoms with E-state index in [2.05, 4.69) is 0 Å². The van der Waals surface area contributed by atoms with Crippen molar-refractivity contribution in [2.45, 2.75) is 19.5 Å². The first-order valence-corrected chi connectivity index (χ1v) is 5.13. The first-order valence-electron chi connectivity index (χ1n) is 4.75. The van der Waals surface area contributed by atoms with Gasteiger partial charge in [-0.25, -0.2) is 0 Å². The lowest BCUT2D eigenvalue weighted by molar-refractivity contribution is -0.131. The lowest BCUT2D eigenvalue weighted by atomic mass is 10.2. The third-order valence-electron chi connectivity index (χ3n) is 2.10. The zero-order valence-electron chi connectivity index (χ0n) is 8.90. The lowest BCUT2D eigenvalue weighted by Gasteiger charge is -2.19. The molecular formula is C11H15ClN2O. The van der Waals surface area contributed by atoms with Gasteiger partial charge in [0.25, 0.3) is 0 Å². The average Bonchev–Trinajstić information content (AvgIpc) is 2.20. The maximum absolute atomic E-state index is 11.5. The molecule has 1 aromatic rings. The van der Waals surface area contributed by atoms with E-state index in [0.717, 1.165) is 5.56 Å². The summed E-state index contributed by atoms with van der Waals surface area (Å²) in [4.78, 5) is 13.1. The average molecular weight is 227 g/mol. The summed E-state index contributed by atoms with van der Waals surface area (Å²) in [6.45, 7) is 2.23. The molecule has 0 spiro atoms. The predicted molar refractivity (Wildman–Crippen MR) is 61.6 cm³/mol. The predicted octanol–water partition coefficient (Wildman–Crippen LogP) is 1.65. The molecule has 1 aromatic carbocycles. The quantitative estimate of drug-likeness (QED) is 0.852. The Morgan fingerprint density at radius 2 is 2.00 bits per heavy atom. The monoisotopic (exact) mass is 226 g/mol. The highest BCUT2D eigenvalue weighted by Crippen LogP contribution is 2.11. The molecule has 2 N–H and O–H groups in total. The number of amides is 1. The fourth-order valence-electron chi connectivity index (χ4n) is 1.29. The van der Waals surface area contributed by atoms with E-state index in [1.807, 2.05) is 12.1 Å². The lowest BCUT2D eigenvalue weighted by Crippen LogP contribution is -2.39. The molecular weight excluding hydrogens is 212 g/mol. The number of nitrogens with zero attached hydrogens (tertiary/aromatic N) is 1. The van der Waals surface area contributed by atoms with Gasteiger partial charge in [0.05, 0.1) is 6.04 Å². The van der Waals surface area contributed by atoms with Crippen LogP contribution in [-0.2, 0) is 11.3 Å². The molecule has 0 aromatic heterocycles. The molecule has 0 saturated heterocycles. The van der Waals surface area contributed by atoms with Gasteiger partial charge in [0.2, 0.25) is 5.91 Å².